The number of nitrogens with zero attached hydrogens (tertiary/aromatic N) is 3. The monoisotopic (exact) mass is 275 g/mol. The number of carbonyl (C=O) groups is 1. The molecule has 0 spiro atoms. The minimum Gasteiger partial charge on any atom is -0.342 e. The molecule has 5 nitrogen and oxygen atoms in total. The molecular weight excluding hydrogens is 254 g/mol. The second-order valence-corrected chi connectivity index (χ2v) is 6.65. The van der Waals surface area contributed by atoms with Crippen LogP contribution in [0.3, 0.4) is 0 Å². The molecule has 1 aromatic rings. The fourth-order valence-corrected chi connectivity index (χ4v) is 3.64. The van der Waals surface area contributed by atoms with Gasteiger partial charge in [-0.2, -0.15) is 4.98 Å². The number of likely N-dealkylation sites (tertiary alicyclic amines) is 1. The molecule has 0 N–H and O–H groups in total. The van der Waals surface area contributed by atoms with Crippen LogP contribution in [0.5, 0.6) is 0 Å². The topological polar surface area (TPSA) is 59.2 Å². The van der Waals surface area contributed by atoms with Gasteiger partial charge >= 0.3 is 0 Å². The molecule has 1 saturated heterocycles. The van der Waals surface area contributed by atoms with Crippen molar-refractivity contribution in [3.63, 3.8) is 0 Å². The molecule has 3 fully saturated rings. The van der Waals surface area contributed by atoms with Crippen molar-refractivity contribution in [3.05, 3.63) is 11.7 Å². The van der Waals surface area contributed by atoms with Crippen LogP contribution >= 0.6 is 0 Å². The van der Waals surface area contributed by atoms with E-state index in [4.69, 9.17) is 4.52 Å². The van der Waals surface area contributed by atoms with Crippen molar-refractivity contribution in [3.8, 4) is 0 Å². The van der Waals surface area contributed by atoms with E-state index in [1.807, 2.05) is 11.8 Å². The summed E-state index contributed by atoms with van der Waals surface area (Å²) in [6.07, 6.45) is 5.90. The van der Waals surface area contributed by atoms with Gasteiger partial charge in [0.05, 0.1) is 5.92 Å². The van der Waals surface area contributed by atoms with Gasteiger partial charge in [-0.05, 0) is 50.9 Å². The third kappa shape index (κ3) is 2.23. The minimum atomic E-state index is 0.229. The van der Waals surface area contributed by atoms with Gasteiger partial charge in [-0.3, -0.25) is 4.79 Å². The Bertz CT molecular complexity index is 523. The zero-order valence-electron chi connectivity index (χ0n) is 11.9. The van der Waals surface area contributed by atoms with Crippen LogP contribution in [0.25, 0.3) is 0 Å². The van der Waals surface area contributed by atoms with Crippen molar-refractivity contribution in [1.29, 1.82) is 0 Å². The van der Waals surface area contributed by atoms with Gasteiger partial charge < -0.3 is 9.42 Å². The Kier molecular flexibility index (Phi) is 2.82. The fourth-order valence-electron chi connectivity index (χ4n) is 3.64. The molecule has 3 atom stereocenters. The molecule has 20 heavy (non-hydrogen) atoms. The van der Waals surface area contributed by atoms with Gasteiger partial charge in [0.2, 0.25) is 11.8 Å². The van der Waals surface area contributed by atoms with Crippen molar-refractivity contribution in [2.24, 2.45) is 17.8 Å². The Hall–Kier alpha value is -1.39. The summed E-state index contributed by atoms with van der Waals surface area (Å²) in [4.78, 5) is 18.9. The van der Waals surface area contributed by atoms with E-state index in [1.165, 1.54) is 12.8 Å². The molecule has 3 aliphatic rings. The first-order valence-corrected chi connectivity index (χ1v) is 7.81. The molecule has 2 heterocycles. The van der Waals surface area contributed by atoms with Crippen LogP contribution in [-0.4, -0.2) is 34.0 Å². The number of amides is 1. The lowest BCUT2D eigenvalue weighted by Crippen LogP contribution is -2.40. The molecule has 2 aliphatic carbocycles. The lowest BCUT2D eigenvalue weighted by Gasteiger charge is -2.31. The van der Waals surface area contributed by atoms with E-state index in [2.05, 4.69) is 10.1 Å². The SMILES string of the molecule is Cc1noc(C2CCCN(C(=O)C3CC3C3CC3)C2)n1. The van der Waals surface area contributed by atoms with Gasteiger partial charge in [-0.1, -0.05) is 5.16 Å². The van der Waals surface area contributed by atoms with Crippen LogP contribution in [0.1, 0.15) is 49.7 Å². The average molecular weight is 275 g/mol. The number of piperidine rings is 1. The Balaban J connectivity index is 1.40. The summed E-state index contributed by atoms with van der Waals surface area (Å²) in [5.41, 5.74) is 0. The van der Waals surface area contributed by atoms with Gasteiger partial charge in [0.15, 0.2) is 5.82 Å². The van der Waals surface area contributed by atoms with E-state index in [-0.39, 0.29) is 5.92 Å². The maximum absolute atomic E-state index is 12.5. The van der Waals surface area contributed by atoms with Crippen molar-refractivity contribution in [2.45, 2.75) is 44.9 Å². The number of rotatable bonds is 3. The highest BCUT2D eigenvalue weighted by molar-refractivity contribution is 5.82. The number of hydrogen-bond acceptors (Lipinski definition) is 4. The summed E-state index contributed by atoms with van der Waals surface area (Å²) < 4.78 is 5.28. The molecule has 2 saturated carbocycles. The lowest BCUT2D eigenvalue weighted by atomic mass is 9.97. The quantitative estimate of drug-likeness (QED) is 0.848. The Morgan fingerprint density at radius 3 is 2.90 bits per heavy atom. The molecule has 1 aliphatic heterocycles. The summed E-state index contributed by atoms with van der Waals surface area (Å²) in [5, 5.41) is 3.86. The summed E-state index contributed by atoms with van der Waals surface area (Å²) >= 11 is 0. The highest BCUT2D eigenvalue weighted by Crippen LogP contribution is 2.55. The van der Waals surface area contributed by atoms with Crippen LogP contribution in [0.4, 0.5) is 0 Å². The predicted octanol–water partition coefficient (Wildman–Crippen LogP) is 2.13. The third-order valence-electron chi connectivity index (χ3n) is 5.01. The van der Waals surface area contributed by atoms with Crippen molar-refractivity contribution < 1.29 is 9.32 Å². The molecular formula is C15H21N3O2. The molecule has 3 unspecified atom stereocenters. The molecule has 5 heteroatoms. The van der Waals surface area contributed by atoms with Crippen molar-refractivity contribution in [1.82, 2.24) is 15.0 Å². The number of aromatic nitrogens is 2. The highest BCUT2D eigenvalue weighted by Gasteiger charge is 2.52. The van der Waals surface area contributed by atoms with Crippen LogP contribution in [-0.2, 0) is 4.79 Å². The molecule has 0 aromatic carbocycles. The smallest absolute Gasteiger partial charge is 0.231 e. The largest absolute Gasteiger partial charge is 0.342 e. The Morgan fingerprint density at radius 1 is 1.35 bits per heavy atom. The minimum absolute atomic E-state index is 0.229. The molecule has 0 bridgehead atoms. The van der Waals surface area contributed by atoms with Crippen molar-refractivity contribution in [2.75, 3.05) is 13.1 Å². The maximum atomic E-state index is 12.5. The van der Waals surface area contributed by atoms with Crippen LogP contribution in [0.15, 0.2) is 4.52 Å². The summed E-state index contributed by atoms with van der Waals surface area (Å²) in [7, 11) is 0. The second-order valence-electron chi connectivity index (χ2n) is 6.65. The number of carbonyl (C=O) groups excluding carboxylic acids is 1. The van der Waals surface area contributed by atoms with E-state index in [0.29, 0.717) is 29.5 Å². The highest BCUT2D eigenvalue weighted by atomic mass is 16.5. The molecule has 0 radical (unpaired) electrons. The molecule has 4 rings (SSSR count). The first-order valence-electron chi connectivity index (χ1n) is 7.81. The summed E-state index contributed by atoms with van der Waals surface area (Å²) in [6.45, 7) is 3.49. The van der Waals surface area contributed by atoms with Gasteiger partial charge in [-0.25, -0.2) is 0 Å². The van der Waals surface area contributed by atoms with E-state index in [1.54, 1.807) is 0 Å². The van der Waals surface area contributed by atoms with Crippen LogP contribution < -0.4 is 0 Å². The lowest BCUT2D eigenvalue weighted by molar-refractivity contribution is -0.134. The normalized spacial score (nSPS) is 33.2. The zero-order valence-corrected chi connectivity index (χ0v) is 11.9. The van der Waals surface area contributed by atoms with Crippen LogP contribution in [0.2, 0.25) is 0 Å². The van der Waals surface area contributed by atoms with E-state index < -0.39 is 0 Å². The standard InChI is InChI=1S/C15H21N3O2/c1-9-16-14(20-17-9)11-3-2-6-18(8-11)15(19)13-7-12(13)10-4-5-10/h10-13H,2-8H2,1H3. The zero-order chi connectivity index (χ0) is 13.7. The Morgan fingerprint density at radius 2 is 2.20 bits per heavy atom. The van der Waals surface area contributed by atoms with E-state index in [9.17, 15) is 4.79 Å². The number of aryl methyl sites for hydroxylation is 1. The first-order chi connectivity index (χ1) is 9.72. The molecule has 108 valence electrons. The molecule has 1 aromatic heterocycles. The summed E-state index contributed by atoms with van der Waals surface area (Å²) in [5.74, 6) is 3.88. The maximum Gasteiger partial charge on any atom is 0.231 e. The number of hydrogen-bond donors (Lipinski definition) is 0. The van der Waals surface area contributed by atoms with E-state index in [0.717, 1.165) is 38.3 Å². The second kappa shape index (κ2) is 4.57. The van der Waals surface area contributed by atoms with Crippen LogP contribution in [0, 0.1) is 24.7 Å². The van der Waals surface area contributed by atoms with Gasteiger partial charge in [0.25, 0.3) is 0 Å². The molecule has 1 amide bonds. The van der Waals surface area contributed by atoms with E-state index >= 15 is 0 Å². The average Bonchev–Trinajstić information content (AvgIpc) is 3.35. The van der Waals surface area contributed by atoms with Crippen molar-refractivity contribution >= 4 is 5.91 Å². The predicted molar refractivity (Wildman–Crippen MR) is 71.9 cm³/mol. The van der Waals surface area contributed by atoms with Gasteiger partial charge in [0, 0.05) is 19.0 Å². The fraction of sp³-hybridized carbons (Fsp3) is 0.800. The third-order valence-corrected chi connectivity index (χ3v) is 5.01. The first kappa shape index (κ1) is 12.4. The summed E-state index contributed by atoms with van der Waals surface area (Å²) in [6, 6.07) is 0. The Labute approximate surface area is 118 Å². The van der Waals surface area contributed by atoms with Gasteiger partial charge in [-0.15, -0.1) is 0 Å². The van der Waals surface area contributed by atoms with Gasteiger partial charge in [0.1, 0.15) is 0 Å².